The lowest BCUT2D eigenvalue weighted by Crippen LogP contribution is -2.58. The second-order valence-electron chi connectivity index (χ2n) is 8.09. The predicted molar refractivity (Wildman–Crippen MR) is 108 cm³/mol. The molecule has 4 unspecified atom stereocenters. The maximum absolute atomic E-state index is 12.7. The van der Waals surface area contributed by atoms with Gasteiger partial charge in [0.15, 0.2) is 5.54 Å². The summed E-state index contributed by atoms with van der Waals surface area (Å²) < 4.78 is 5.76. The van der Waals surface area contributed by atoms with E-state index in [1.807, 2.05) is 62.4 Å². The lowest BCUT2D eigenvalue weighted by atomic mass is 9.79. The Hall–Kier alpha value is -3.03. The Balaban J connectivity index is 1.69. The summed E-state index contributed by atoms with van der Waals surface area (Å²) in [5, 5.41) is 15.6. The summed E-state index contributed by atoms with van der Waals surface area (Å²) in [6.07, 6.45) is 0. The molecule has 0 saturated carbocycles. The number of carboxylic acids is 1. The lowest BCUT2D eigenvalue weighted by Gasteiger charge is -2.29. The van der Waals surface area contributed by atoms with Crippen molar-refractivity contribution in [3.8, 4) is 0 Å². The summed E-state index contributed by atoms with van der Waals surface area (Å²) in [6.45, 7) is 3.81. The van der Waals surface area contributed by atoms with Crippen LogP contribution in [0.2, 0.25) is 0 Å². The fourth-order valence-corrected chi connectivity index (χ4v) is 4.59. The number of imide groups is 1. The maximum Gasteiger partial charge on any atom is 0.327 e. The van der Waals surface area contributed by atoms with Crippen LogP contribution in [0.1, 0.15) is 28.3 Å². The molecule has 0 spiro atoms. The molecule has 0 radical (unpaired) electrons. The van der Waals surface area contributed by atoms with E-state index in [4.69, 9.17) is 4.74 Å². The smallest absolute Gasteiger partial charge is 0.327 e. The number of carbonyl (C=O) groups excluding carboxylic acids is 2. The van der Waals surface area contributed by atoms with Gasteiger partial charge in [-0.3, -0.25) is 25.0 Å². The van der Waals surface area contributed by atoms with Gasteiger partial charge in [-0.05, 0) is 30.5 Å². The zero-order chi connectivity index (χ0) is 21.5. The third-order valence-corrected chi connectivity index (χ3v) is 6.09. The summed E-state index contributed by atoms with van der Waals surface area (Å²) in [4.78, 5) is 37.8. The zero-order valence-electron chi connectivity index (χ0n) is 16.8. The second kappa shape index (κ2) is 7.66. The van der Waals surface area contributed by atoms with Crippen molar-refractivity contribution in [1.29, 1.82) is 0 Å². The molecule has 2 heterocycles. The number of benzene rings is 2. The number of carbonyl (C=O) groups is 3. The SMILES string of the molecule is Cc1ccc(C)c(C2NC(COCc3ccccc3)(C(=O)O)C3C(=O)NC(=O)C23)c1. The number of rotatable bonds is 6. The molecule has 4 atom stereocenters. The zero-order valence-corrected chi connectivity index (χ0v) is 16.8. The van der Waals surface area contributed by atoms with Crippen LogP contribution in [0.15, 0.2) is 48.5 Å². The molecular weight excluding hydrogens is 384 g/mol. The van der Waals surface area contributed by atoms with Crippen molar-refractivity contribution >= 4 is 17.8 Å². The highest BCUT2D eigenvalue weighted by Gasteiger charge is 2.66. The minimum absolute atomic E-state index is 0.207. The van der Waals surface area contributed by atoms with Gasteiger partial charge in [0.2, 0.25) is 11.8 Å². The van der Waals surface area contributed by atoms with E-state index in [1.165, 1.54) is 0 Å². The number of aryl methyl sites for hydroxylation is 2. The van der Waals surface area contributed by atoms with Crippen LogP contribution < -0.4 is 10.6 Å². The van der Waals surface area contributed by atoms with Gasteiger partial charge in [-0.1, -0.05) is 54.1 Å². The van der Waals surface area contributed by atoms with Gasteiger partial charge in [0.25, 0.3) is 0 Å². The largest absolute Gasteiger partial charge is 0.480 e. The lowest BCUT2D eigenvalue weighted by molar-refractivity contribution is -0.152. The summed E-state index contributed by atoms with van der Waals surface area (Å²) in [6, 6.07) is 14.6. The first-order chi connectivity index (χ1) is 14.3. The fraction of sp³-hybridized carbons (Fsp3) is 0.348. The van der Waals surface area contributed by atoms with Crippen LogP contribution in [-0.4, -0.2) is 35.0 Å². The molecule has 0 aromatic heterocycles. The van der Waals surface area contributed by atoms with Crippen LogP contribution in [0.5, 0.6) is 0 Å². The molecule has 2 amide bonds. The Morgan fingerprint density at radius 3 is 2.53 bits per heavy atom. The number of fused-ring (bicyclic) bond motifs is 1. The standard InChI is InChI=1S/C23H24N2O5/c1-13-8-9-14(2)16(10-13)19-17-18(21(27)24-20(17)26)23(25-19,22(28)29)12-30-11-15-6-4-3-5-7-15/h3-10,17-19,25H,11-12H2,1-2H3,(H,28,29)(H,24,26,27). The minimum atomic E-state index is -1.70. The number of amides is 2. The monoisotopic (exact) mass is 408 g/mol. The number of aliphatic carboxylic acids is 1. The highest BCUT2D eigenvalue weighted by Crippen LogP contribution is 2.47. The van der Waals surface area contributed by atoms with Crippen LogP contribution in [0.4, 0.5) is 0 Å². The van der Waals surface area contributed by atoms with Crippen LogP contribution in [0.3, 0.4) is 0 Å². The molecule has 2 aromatic rings. The van der Waals surface area contributed by atoms with Gasteiger partial charge in [0, 0.05) is 6.04 Å². The first kappa shape index (κ1) is 20.3. The molecule has 4 rings (SSSR count). The van der Waals surface area contributed by atoms with E-state index < -0.39 is 41.2 Å². The molecule has 2 fully saturated rings. The van der Waals surface area contributed by atoms with Gasteiger partial charge < -0.3 is 9.84 Å². The van der Waals surface area contributed by atoms with Crippen LogP contribution >= 0.6 is 0 Å². The number of ether oxygens (including phenoxy) is 1. The number of nitrogens with one attached hydrogen (secondary N) is 2. The highest BCUT2D eigenvalue weighted by molar-refractivity contribution is 6.09. The molecule has 2 aliphatic heterocycles. The summed E-state index contributed by atoms with van der Waals surface area (Å²) in [5.41, 5.74) is 1.94. The molecule has 2 saturated heterocycles. The number of hydrogen-bond donors (Lipinski definition) is 3. The first-order valence-corrected chi connectivity index (χ1v) is 9.88. The summed E-state index contributed by atoms with van der Waals surface area (Å²) >= 11 is 0. The van der Waals surface area contributed by atoms with Crippen molar-refractivity contribution in [1.82, 2.24) is 10.6 Å². The predicted octanol–water partition coefficient (Wildman–Crippen LogP) is 1.88. The Labute approximate surface area is 174 Å². The van der Waals surface area contributed by atoms with Gasteiger partial charge >= 0.3 is 5.97 Å². The first-order valence-electron chi connectivity index (χ1n) is 9.88. The molecular formula is C23H24N2O5. The van der Waals surface area contributed by atoms with E-state index >= 15 is 0 Å². The van der Waals surface area contributed by atoms with Crippen molar-refractivity contribution in [3.05, 3.63) is 70.8 Å². The topological polar surface area (TPSA) is 105 Å². The van der Waals surface area contributed by atoms with E-state index in [1.54, 1.807) is 0 Å². The maximum atomic E-state index is 12.7. The Morgan fingerprint density at radius 1 is 1.10 bits per heavy atom. The van der Waals surface area contributed by atoms with Crippen molar-refractivity contribution in [2.45, 2.75) is 32.0 Å². The molecule has 156 valence electrons. The molecule has 2 aromatic carbocycles. The third-order valence-electron chi connectivity index (χ3n) is 6.09. The van der Waals surface area contributed by atoms with E-state index in [0.717, 1.165) is 22.3 Å². The van der Waals surface area contributed by atoms with Crippen LogP contribution in [0, 0.1) is 25.7 Å². The molecule has 2 aliphatic rings. The Kier molecular flexibility index (Phi) is 5.17. The van der Waals surface area contributed by atoms with Crippen LogP contribution in [-0.2, 0) is 25.7 Å². The molecule has 30 heavy (non-hydrogen) atoms. The van der Waals surface area contributed by atoms with Crippen molar-refractivity contribution in [2.75, 3.05) is 6.61 Å². The van der Waals surface area contributed by atoms with E-state index in [9.17, 15) is 19.5 Å². The van der Waals surface area contributed by atoms with Gasteiger partial charge in [-0.15, -0.1) is 0 Å². The Bertz CT molecular complexity index is 1010. The fourth-order valence-electron chi connectivity index (χ4n) is 4.59. The van der Waals surface area contributed by atoms with Crippen molar-refractivity contribution < 1.29 is 24.2 Å². The summed E-state index contributed by atoms with van der Waals surface area (Å²) in [7, 11) is 0. The Morgan fingerprint density at radius 2 is 1.83 bits per heavy atom. The molecule has 7 heteroatoms. The average molecular weight is 408 g/mol. The molecule has 0 aliphatic carbocycles. The van der Waals surface area contributed by atoms with Crippen molar-refractivity contribution in [2.24, 2.45) is 11.8 Å². The van der Waals surface area contributed by atoms with E-state index in [2.05, 4.69) is 10.6 Å². The van der Waals surface area contributed by atoms with Gasteiger partial charge in [-0.2, -0.15) is 0 Å². The molecule has 3 N–H and O–H groups in total. The van der Waals surface area contributed by atoms with Gasteiger partial charge in [0.05, 0.1) is 25.0 Å². The van der Waals surface area contributed by atoms with Crippen molar-refractivity contribution in [3.63, 3.8) is 0 Å². The molecule has 7 nitrogen and oxygen atoms in total. The van der Waals surface area contributed by atoms with E-state index in [-0.39, 0.29) is 13.2 Å². The number of hydrogen-bond acceptors (Lipinski definition) is 5. The van der Waals surface area contributed by atoms with Gasteiger partial charge in [0.1, 0.15) is 0 Å². The number of carboxylic acid groups (broad SMARTS) is 1. The molecule has 0 bridgehead atoms. The normalized spacial score (nSPS) is 27.7. The minimum Gasteiger partial charge on any atom is -0.480 e. The van der Waals surface area contributed by atoms with Crippen LogP contribution in [0.25, 0.3) is 0 Å². The third kappa shape index (κ3) is 3.30. The van der Waals surface area contributed by atoms with Gasteiger partial charge in [-0.25, -0.2) is 0 Å². The summed E-state index contributed by atoms with van der Waals surface area (Å²) in [5.74, 6) is -4.09. The quantitative estimate of drug-likeness (QED) is 0.631. The second-order valence-corrected chi connectivity index (χ2v) is 8.09. The average Bonchev–Trinajstić information content (AvgIpc) is 3.22. The van der Waals surface area contributed by atoms with E-state index in [0.29, 0.717) is 0 Å². The highest BCUT2D eigenvalue weighted by atomic mass is 16.5.